The normalized spacial score (nSPS) is 15.9. The van der Waals surface area contributed by atoms with Crippen LogP contribution in [0.5, 0.6) is 0 Å². The molecular formula is C21H18Cl2N2O4. The van der Waals surface area contributed by atoms with Crippen molar-refractivity contribution in [3.63, 3.8) is 0 Å². The Morgan fingerprint density at radius 1 is 1.10 bits per heavy atom. The number of halogens is 2. The van der Waals surface area contributed by atoms with Crippen molar-refractivity contribution in [1.29, 1.82) is 0 Å². The van der Waals surface area contributed by atoms with E-state index in [1.807, 2.05) is 0 Å². The molecule has 6 nitrogen and oxygen atoms in total. The maximum absolute atomic E-state index is 12.3. The molecule has 2 aromatic carbocycles. The number of amides is 1. The molecule has 1 saturated heterocycles. The zero-order valence-electron chi connectivity index (χ0n) is 15.3. The largest absolute Gasteiger partial charge is 0.464 e. The van der Waals surface area contributed by atoms with E-state index in [4.69, 9.17) is 27.9 Å². The highest BCUT2D eigenvalue weighted by Gasteiger charge is 2.27. The van der Waals surface area contributed by atoms with Gasteiger partial charge in [0.2, 0.25) is 5.91 Å². The van der Waals surface area contributed by atoms with Crippen molar-refractivity contribution in [1.82, 2.24) is 5.32 Å². The van der Waals surface area contributed by atoms with Gasteiger partial charge in [0.15, 0.2) is 5.78 Å². The van der Waals surface area contributed by atoms with E-state index in [1.165, 1.54) is 6.08 Å². The van der Waals surface area contributed by atoms with Gasteiger partial charge >= 0.3 is 5.97 Å². The third-order valence-electron chi connectivity index (χ3n) is 4.21. The number of esters is 1. The number of hydrogen-bond donors (Lipinski definition) is 2. The van der Waals surface area contributed by atoms with Gasteiger partial charge in [0.05, 0.1) is 13.2 Å². The number of allylic oxidation sites excluding steroid dienone is 1. The molecule has 0 aliphatic carbocycles. The molecular weight excluding hydrogens is 415 g/mol. The standard InChI is InChI=1S/C21H18Cl2N2O4/c22-15-9-13(10-16(23)11-15)1-6-19(26)14-2-4-17(5-3-14)24-12-20(27)25-18-7-8-29-21(18)28/h1-6,9-11,18,24H,7-8,12H2,(H,25,27)/b6-1+/t18-/m0/s1. The summed E-state index contributed by atoms with van der Waals surface area (Å²) >= 11 is 11.9. The van der Waals surface area contributed by atoms with Gasteiger partial charge in [-0.25, -0.2) is 4.79 Å². The summed E-state index contributed by atoms with van der Waals surface area (Å²) in [6.07, 6.45) is 3.57. The molecule has 3 rings (SSSR count). The number of hydrogen-bond acceptors (Lipinski definition) is 5. The predicted molar refractivity (Wildman–Crippen MR) is 112 cm³/mol. The first-order chi connectivity index (χ1) is 13.9. The number of carbonyl (C=O) groups excluding carboxylic acids is 3. The number of nitrogens with one attached hydrogen (secondary N) is 2. The maximum atomic E-state index is 12.3. The summed E-state index contributed by atoms with van der Waals surface area (Å²) in [6.45, 7) is 0.331. The highest BCUT2D eigenvalue weighted by Crippen LogP contribution is 2.20. The number of carbonyl (C=O) groups is 3. The monoisotopic (exact) mass is 432 g/mol. The lowest BCUT2D eigenvalue weighted by atomic mass is 10.1. The van der Waals surface area contributed by atoms with Crippen LogP contribution in [0.2, 0.25) is 10.0 Å². The molecule has 2 N–H and O–H groups in total. The van der Waals surface area contributed by atoms with E-state index in [9.17, 15) is 14.4 Å². The van der Waals surface area contributed by atoms with Crippen LogP contribution in [-0.2, 0) is 14.3 Å². The fourth-order valence-electron chi connectivity index (χ4n) is 2.75. The lowest BCUT2D eigenvalue weighted by Crippen LogP contribution is -2.40. The molecule has 1 aliphatic rings. The molecule has 0 saturated carbocycles. The van der Waals surface area contributed by atoms with Crippen molar-refractivity contribution in [2.45, 2.75) is 12.5 Å². The summed E-state index contributed by atoms with van der Waals surface area (Å²) in [7, 11) is 0. The fourth-order valence-corrected chi connectivity index (χ4v) is 3.29. The lowest BCUT2D eigenvalue weighted by Gasteiger charge is -2.10. The summed E-state index contributed by atoms with van der Waals surface area (Å²) in [5, 5.41) is 6.55. The molecule has 1 atom stereocenters. The highest BCUT2D eigenvalue weighted by molar-refractivity contribution is 6.34. The molecule has 0 spiro atoms. The average molecular weight is 433 g/mol. The predicted octanol–water partition coefficient (Wildman–Crippen LogP) is 3.73. The van der Waals surface area contributed by atoms with Crippen LogP contribution in [0.4, 0.5) is 5.69 Å². The molecule has 1 fully saturated rings. The molecule has 0 aromatic heterocycles. The van der Waals surface area contributed by atoms with Crippen LogP contribution in [-0.4, -0.2) is 36.9 Å². The second-order valence-electron chi connectivity index (χ2n) is 6.41. The summed E-state index contributed by atoms with van der Waals surface area (Å²) < 4.78 is 4.80. The Morgan fingerprint density at radius 2 is 1.79 bits per heavy atom. The lowest BCUT2D eigenvalue weighted by molar-refractivity contribution is -0.141. The molecule has 1 amide bonds. The van der Waals surface area contributed by atoms with E-state index in [2.05, 4.69) is 10.6 Å². The van der Waals surface area contributed by atoms with E-state index < -0.39 is 12.0 Å². The zero-order chi connectivity index (χ0) is 20.8. The van der Waals surface area contributed by atoms with Crippen LogP contribution in [0.3, 0.4) is 0 Å². The molecule has 8 heteroatoms. The minimum absolute atomic E-state index is 0.00645. The Labute approximate surface area is 177 Å². The number of anilines is 1. The van der Waals surface area contributed by atoms with Gasteiger partial charge in [-0.15, -0.1) is 0 Å². The fraction of sp³-hybridized carbons (Fsp3) is 0.190. The first kappa shape index (κ1) is 20.9. The molecule has 29 heavy (non-hydrogen) atoms. The van der Waals surface area contributed by atoms with E-state index in [-0.39, 0.29) is 18.2 Å². The SMILES string of the molecule is O=C(CNc1ccc(C(=O)/C=C/c2cc(Cl)cc(Cl)c2)cc1)N[C@H]1CCOC1=O. The number of cyclic esters (lactones) is 1. The summed E-state index contributed by atoms with van der Waals surface area (Å²) in [6, 6.07) is 11.2. The Morgan fingerprint density at radius 3 is 2.41 bits per heavy atom. The zero-order valence-corrected chi connectivity index (χ0v) is 16.8. The van der Waals surface area contributed by atoms with E-state index >= 15 is 0 Å². The van der Waals surface area contributed by atoms with E-state index in [1.54, 1.807) is 48.5 Å². The quantitative estimate of drug-likeness (QED) is 0.395. The topological polar surface area (TPSA) is 84.5 Å². The number of rotatable bonds is 7. The van der Waals surface area contributed by atoms with Gasteiger partial charge < -0.3 is 15.4 Å². The van der Waals surface area contributed by atoms with Crippen LogP contribution >= 0.6 is 23.2 Å². The molecule has 2 aromatic rings. The van der Waals surface area contributed by atoms with Crippen LogP contribution in [0.15, 0.2) is 48.5 Å². The molecule has 0 unspecified atom stereocenters. The van der Waals surface area contributed by atoms with Crippen molar-refractivity contribution in [2.75, 3.05) is 18.5 Å². The van der Waals surface area contributed by atoms with Crippen molar-refractivity contribution >= 4 is 52.6 Å². The minimum atomic E-state index is -0.578. The maximum Gasteiger partial charge on any atom is 0.328 e. The molecule has 0 bridgehead atoms. The van der Waals surface area contributed by atoms with E-state index in [0.29, 0.717) is 34.3 Å². The van der Waals surface area contributed by atoms with Gasteiger partial charge in [0.25, 0.3) is 0 Å². The summed E-state index contributed by atoms with van der Waals surface area (Å²) in [5.74, 6) is -0.892. The molecule has 1 aliphatic heterocycles. The van der Waals surface area contributed by atoms with Crippen LogP contribution in [0.25, 0.3) is 6.08 Å². The van der Waals surface area contributed by atoms with E-state index in [0.717, 1.165) is 5.56 Å². The van der Waals surface area contributed by atoms with Crippen LogP contribution in [0, 0.1) is 0 Å². The number of benzene rings is 2. The number of ketones is 1. The molecule has 0 radical (unpaired) electrons. The van der Waals surface area contributed by atoms with Gasteiger partial charge in [-0.2, -0.15) is 0 Å². The average Bonchev–Trinajstić information content (AvgIpc) is 3.08. The van der Waals surface area contributed by atoms with Gasteiger partial charge in [0.1, 0.15) is 6.04 Å². The third kappa shape index (κ3) is 6.07. The first-order valence-electron chi connectivity index (χ1n) is 8.89. The second kappa shape index (κ2) is 9.58. The van der Waals surface area contributed by atoms with Gasteiger partial charge in [-0.05, 0) is 54.1 Å². The smallest absolute Gasteiger partial charge is 0.328 e. The van der Waals surface area contributed by atoms with Crippen molar-refractivity contribution in [3.8, 4) is 0 Å². The Balaban J connectivity index is 1.52. The Hall–Kier alpha value is -2.83. The van der Waals surface area contributed by atoms with Crippen molar-refractivity contribution in [3.05, 3.63) is 69.7 Å². The van der Waals surface area contributed by atoms with Crippen molar-refractivity contribution < 1.29 is 19.1 Å². The van der Waals surface area contributed by atoms with Gasteiger partial charge in [0, 0.05) is 27.7 Å². The summed E-state index contributed by atoms with van der Waals surface area (Å²) in [4.78, 5) is 35.6. The minimum Gasteiger partial charge on any atom is -0.464 e. The van der Waals surface area contributed by atoms with Crippen molar-refractivity contribution in [2.24, 2.45) is 0 Å². The van der Waals surface area contributed by atoms with Crippen LogP contribution < -0.4 is 10.6 Å². The summed E-state index contributed by atoms with van der Waals surface area (Å²) in [5.41, 5.74) is 1.90. The second-order valence-corrected chi connectivity index (χ2v) is 7.28. The van der Waals surface area contributed by atoms with Crippen LogP contribution in [0.1, 0.15) is 22.3 Å². The highest BCUT2D eigenvalue weighted by atomic mass is 35.5. The Bertz CT molecular complexity index is 937. The molecule has 150 valence electrons. The first-order valence-corrected chi connectivity index (χ1v) is 9.65. The Kier molecular flexibility index (Phi) is 6.90. The van der Waals surface area contributed by atoms with Gasteiger partial charge in [-0.3, -0.25) is 9.59 Å². The van der Waals surface area contributed by atoms with Gasteiger partial charge in [-0.1, -0.05) is 29.3 Å². The third-order valence-corrected chi connectivity index (χ3v) is 4.64. The number of ether oxygens (including phenoxy) is 1. The molecule has 1 heterocycles.